The van der Waals surface area contributed by atoms with Crippen LogP contribution in [0.1, 0.15) is 68.6 Å². The second kappa shape index (κ2) is 9.96. The Kier molecular flexibility index (Phi) is 7.35. The zero-order chi connectivity index (χ0) is 20.7. The molecule has 0 amide bonds. The quantitative estimate of drug-likeness (QED) is 0.375. The van der Waals surface area contributed by atoms with Gasteiger partial charge in [0.25, 0.3) is 0 Å². The number of rotatable bonds is 9. The minimum atomic E-state index is -2.08. The first-order chi connectivity index (χ1) is 14.1. The third-order valence-electron chi connectivity index (χ3n) is 5.66. The molecule has 3 rings (SSSR count). The standard InChI is InChI=1S/C26H29F3/c1-2-3-4-5-6-7-12-20-13-10-14-21(19-20)22-15-8-9-18-26(22,29)23-16-11-17-24(27)25(23)28/h8-11,13-17,19H,2-7,12,18H2,1H3. The SMILES string of the molecule is CCCCCCCCc1cccc(C2=CC=CCC2(F)c2cccc(F)c2F)c1. The van der Waals surface area contributed by atoms with E-state index < -0.39 is 17.3 Å². The molecule has 0 spiro atoms. The van der Waals surface area contributed by atoms with E-state index in [4.69, 9.17) is 0 Å². The van der Waals surface area contributed by atoms with Crippen molar-refractivity contribution in [3.63, 3.8) is 0 Å². The average molecular weight is 399 g/mol. The summed E-state index contributed by atoms with van der Waals surface area (Å²) < 4.78 is 44.3. The van der Waals surface area contributed by atoms with Gasteiger partial charge < -0.3 is 0 Å². The monoisotopic (exact) mass is 398 g/mol. The van der Waals surface area contributed by atoms with Crippen LogP contribution in [0.5, 0.6) is 0 Å². The summed E-state index contributed by atoms with van der Waals surface area (Å²) in [5.41, 5.74) is -0.0667. The van der Waals surface area contributed by atoms with Crippen LogP contribution in [0.15, 0.2) is 60.7 Å². The number of aryl methyl sites for hydroxylation is 1. The van der Waals surface area contributed by atoms with Crippen LogP contribution in [0, 0.1) is 11.6 Å². The molecule has 0 aliphatic heterocycles. The highest BCUT2D eigenvalue weighted by Crippen LogP contribution is 2.46. The third kappa shape index (κ3) is 5.01. The first-order valence-electron chi connectivity index (χ1n) is 10.7. The molecule has 0 bridgehead atoms. The van der Waals surface area contributed by atoms with E-state index in [9.17, 15) is 8.78 Å². The molecular weight excluding hydrogens is 369 g/mol. The lowest BCUT2D eigenvalue weighted by molar-refractivity contribution is 0.239. The Morgan fingerprint density at radius 3 is 2.52 bits per heavy atom. The van der Waals surface area contributed by atoms with Crippen LogP contribution in [0.2, 0.25) is 0 Å². The van der Waals surface area contributed by atoms with Gasteiger partial charge in [-0.1, -0.05) is 93.7 Å². The Balaban J connectivity index is 1.80. The van der Waals surface area contributed by atoms with E-state index in [2.05, 4.69) is 13.0 Å². The van der Waals surface area contributed by atoms with Gasteiger partial charge in [0, 0.05) is 17.6 Å². The molecule has 2 aromatic rings. The highest BCUT2D eigenvalue weighted by molar-refractivity contribution is 5.77. The van der Waals surface area contributed by atoms with Crippen molar-refractivity contribution in [2.45, 2.75) is 64.0 Å². The number of alkyl halides is 1. The molecule has 3 heteroatoms. The number of halogens is 3. The van der Waals surface area contributed by atoms with E-state index in [0.717, 1.165) is 30.0 Å². The molecule has 1 aliphatic rings. The lowest BCUT2D eigenvalue weighted by Gasteiger charge is -2.30. The van der Waals surface area contributed by atoms with Crippen LogP contribution in [0.25, 0.3) is 5.57 Å². The lowest BCUT2D eigenvalue weighted by atomic mass is 9.78. The van der Waals surface area contributed by atoms with Gasteiger partial charge >= 0.3 is 0 Å². The van der Waals surface area contributed by atoms with Gasteiger partial charge in [-0.05, 0) is 30.0 Å². The second-order valence-corrected chi connectivity index (χ2v) is 7.83. The van der Waals surface area contributed by atoms with Gasteiger partial charge in [0.2, 0.25) is 0 Å². The summed E-state index contributed by atoms with van der Waals surface area (Å²) in [6, 6.07) is 11.5. The van der Waals surface area contributed by atoms with E-state index in [1.165, 1.54) is 44.2 Å². The fourth-order valence-electron chi connectivity index (χ4n) is 4.03. The summed E-state index contributed by atoms with van der Waals surface area (Å²) in [5.74, 6) is -2.13. The normalized spacial score (nSPS) is 18.7. The first kappa shape index (κ1) is 21.4. The van der Waals surface area contributed by atoms with Crippen molar-refractivity contribution in [3.8, 4) is 0 Å². The van der Waals surface area contributed by atoms with Gasteiger partial charge in [0.15, 0.2) is 17.3 Å². The van der Waals surface area contributed by atoms with Crippen molar-refractivity contribution in [1.82, 2.24) is 0 Å². The van der Waals surface area contributed by atoms with Crippen LogP contribution >= 0.6 is 0 Å². The Hall–Kier alpha value is -2.29. The summed E-state index contributed by atoms with van der Waals surface area (Å²) in [4.78, 5) is 0. The summed E-state index contributed by atoms with van der Waals surface area (Å²) in [6.45, 7) is 2.21. The predicted molar refractivity (Wildman–Crippen MR) is 114 cm³/mol. The van der Waals surface area contributed by atoms with E-state index in [1.807, 2.05) is 18.2 Å². The van der Waals surface area contributed by atoms with Gasteiger partial charge in [0.05, 0.1) is 0 Å². The number of unbranched alkanes of at least 4 members (excludes halogenated alkanes) is 5. The Labute approximate surface area is 172 Å². The fraction of sp³-hybridized carbons (Fsp3) is 0.385. The molecule has 0 saturated heterocycles. The van der Waals surface area contributed by atoms with Crippen LogP contribution in [-0.2, 0) is 12.1 Å². The van der Waals surface area contributed by atoms with Crippen LogP contribution in [0.4, 0.5) is 13.2 Å². The Morgan fingerprint density at radius 2 is 1.69 bits per heavy atom. The van der Waals surface area contributed by atoms with E-state index in [0.29, 0.717) is 5.57 Å². The zero-order valence-corrected chi connectivity index (χ0v) is 17.1. The minimum Gasteiger partial charge on any atom is -0.233 e. The van der Waals surface area contributed by atoms with Crippen LogP contribution < -0.4 is 0 Å². The van der Waals surface area contributed by atoms with E-state index >= 15 is 4.39 Å². The van der Waals surface area contributed by atoms with Crippen molar-refractivity contribution in [2.75, 3.05) is 0 Å². The minimum absolute atomic E-state index is 0.0130. The Bertz CT molecular complexity index is 881. The fourth-order valence-corrected chi connectivity index (χ4v) is 4.03. The third-order valence-corrected chi connectivity index (χ3v) is 5.66. The van der Waals surface area contributed by atoms with Crippen molar-refractivity contribution < 1.29 is 13.2 Å². The first-order valence-corrected chi connectivity index (χ1v) is 10.7. The van der Waals surface area contributed by atoms with Gasteiger partial charge in [-0.2, -0.15) is 0 Å². The van der Waals surface area contributed by atoms with Gasteiger partial charge in [0.1, 0.15) is 0 Å². The molecule has 0 saturated carbocycles. The van der Waals surface area contributed by atoms with Crippen molar-refractivity contribution in [3.05, 3.63) is 89.0 Å². The largest absolute Gasteiger partial charge is 0.233 e. The molecule has 0 N–H and O–H groups in total. The maximum absolute atomic E-state index is 16.1. The van der Waals surface area contributed by atoms with E-state index in [-0.39, 0.29) is 12.0 Å². The number of hydrogen-bond acceptors (Lipinski definition) is 0. The number of hydrogen-bond donors (Lipinski definition) is 0. The number of benzene rings is 2. The molecule has 0 nitrogen and oxygen atoms in total. The van der Waals surface area contributed by atoms with Gasteiger partial charge in [-0.15, -0.1) is 0 Å². The smallest absolute Gasteiger partial charge is 0.167 e. The lowest BCUT2D eigenvalue weighted by Crippen LogP contribution is -2.25. The Morgan fingerprint density at radius 1 is 0.931 bits per heavy atom. The number of allylic oxidation sites excluding steroid dienone is 4. The van der Waals surface area contributed by atoms with Crippen molar-refractivity contribution in [2.24, 2.45) is 0 Å². The molecular formula is C26H29F3. The maximum atomic E-state index is 16.1. The van der Waals surface area contributed by atoms with Crippen LogP contribution in [0.3, 0.4) is 0 Å². The molecule has 1 aliphatic carbocycles. The zero-order valence-electron chi connectivity index (χ0n) is 17.1. The molecule has 29 heavy (non-hydrogen) atoms. The van der Waals surface area contributed by atoms with E-state index in [1.54, 1.807) is 18.2 Å². The molecule has 154 valence electrons. The summed E-state index contributed by atoms with van der Waals surface area (Å²) in [5, 5.41) is 0. The van der Waals surface area contributed by atoms with Gasteiger partial charge in [-0.25, -0.2) is 13.2 Å². The maximum Gasteiger partial charge on any atom is 0.167 e. The molecule has 0 fully saturated rings. The molecule has 2 aromatic carbocycles. The molecule has 0 aromatic heterocycles. The van der Waals surface area contributed by atoms with Crippen LogP contribution in [-0.4, -0.2) is 0 Å². The molecule has 0 radical (unpaired) electrons. The highest BCUT2D eigenvalue weighted by Gasteiger charge is 2.40. The topological polar surface area (TPSA) is 0 Å². The average Bonchev–Trinajstić information content (AvgIpc) is 2.73. The second-order valence-electron chi connectivity index (χ2n) is 7.83. The van der Waals surface area contributed by atoms with Crippen molar-refractivity contribution in [1.29, 1.82) is 0 Å². The molecule has 1 unspecified atom stereocenters. The van der Waals surface area contributed by atoms with Gasteiger partial charge in [-0.3, -0.25) is 0 Å². The van der Waals surface area contributed by atoms with Crippen molar-refractivity contribution >= 4 is 5.57 Å². The summed E-state index contributed by atoms with van der Waals surface area (Å²) >= 11 is 0. The summed E-state index contributed by atoms with van der Waals surface area (Å²) in [6.07, 6.45) is 13.4. The molecule has 0 heterocycles. The highest BCUT2D eigenvalue weighted by atomic mass is 19.2. The summed E-state index contributed by atoms with van der Waals surface area (Å²) in [7, 11) is 0. The predicted octanol–water partition coefficient (Wildman–Crippen LogP) is 8.08. The molecule has 1 atom stereocenters.